The summed E-state index contributed by atoms with van der Waals surface area (Å²) >= 11 is 0. The second-order valence-corrected chi connectivity index (χ2v) is 3.84. The Hall–Kier alpha value is -1.04. The van der Waals surface area contributed by atoms with Crippen LogP contribution >= 0.6 is 0 Å². The molecular weight excluding hydrogens is 156 g/mol. The molecule has 1 aliphatic rings. The van der Waals surface area contributed by atoms with Crippen LogP contribution in [-0.4, -0.2) is 0 Å². The molecule has 0 heterocycles. The van der Waals surface area contributed by atoms with Gasteiger partial charge in [-0.3, -0.25) is 0 Å². The number of fused-ring (bicyclic) bond motifs is 1. The minimum atomic E-state index is 1.13. The summed E-state index contributed by atoms with van der Waals surface area (Å²) in [6, 6.07) is 4.69. The van der Waals surface area contributed by atoms with Gasteiger partial charge in [-0.15, -0.1) is 0 Å². The van der Waals surface area contributed by atoms with Crippen LogP contribution in [-0.2, 0) is 12.8 Å². The Morgan fingerprint density at radius 3 is 2.92 bits per heavy atom. The summed E-state index contributed by atoms with van der Waals surface area (Å²) in [5, 5.41) is 0. The molecule has 0 nitrogen and oxygen atoms in total. The van der Waals surface area contributed by atoms with Crippen LogP contribution in [0.5, 0.6) is 0 Å². The third kappa shape index (κ3) is 1.53. The van der Waals surface area contributed by atoms with Crippen LogP contribution < -0.4 is 0 Å². The maximum atomic E-state index is 2.34. The zero-order valence-electron chi connectivity index (χ0n) is 8.43. The van der Waals surface area contributed by atoms with E-state index in [-0.39, 0.29) is 0 Å². The van der Waals surface area contributed by atoms with E-state index in [0.29, 0.717) is 0 Å². The summed E-state index contributed by atoms with van der Waals surface area (Å²) in [6.07, 6.45) is 8.09. The second kappa shape index (κ2) is 3.37. The fourth-order valence-corrected chi connectivity index (χ4v) is 2.09. The number of hydrogen-bond acceptors (Lipinski definition) is 0. The van der Waals surface area contributed by atoms with Crippen molar-refractivity contribution in [2.24, 2.45) is 0 Å². The van der Waals surface area contributed by atoms with Crippen molar-refractivity contribution in [3.05, 3.63) is 40.5 Å². The van der Waals surface area contributed by atoms with E-state index in [1.54, 1.807) is 0 Å². The number of benzene rings is 1. The van der Waals surface area contributed by atoms with Gasteiger partial charge in [0.15, 0.2) is 0 Å². The van der Waals surface area contributed by atoms with Crippen LogP contribution in [0.2, 0.25) is 0 Å². The van der Waals surface area contributed by atoms with Gasteiger partial charge < -0.3 is 0 Å². The molecule has 0 bridgehead atoms. The normalized spacial score (nSPS) is 13.4. The lowest BCUT2D eigenvalue weighted by Crippen LogP contribution is -1.92. The number of rotatable bonds is 2. The lowest BCUT2D eigenvalue weighted by molar-refractivity contribution is 0.918. The summed E-state index contributed by atoms with van der Waals surface area (Å²) in [6.45, 7) is 4.46. The summed E-state index contributed by atoms with van der Waals surface area (Å²) in [5.74, 6) is 0. The Morgan fingerprint density at radius 2 is 2.15 bits per heavy atom. The Bertz CT molecular complexity index is 345. The number of hydrogen-bond donors (Lipinski definition) is 0. The first-order chi connectivity index (χ1) is 6.31. The molecule has 1 aromatic rings. The molecule has 0 atom stereocenters. The molecule has 0 aromatic heterocycles. The molecule has 0 amide bonds. The monoisotopic (exact) mass is 172 g/mol. The van der Waals surface area contributed by atoms with Crippen molar-refractivity contribution in [2.75, 3.05) is 0 Å². The standard InChI is InChI=1S/C13H16/c1-3-5-11-8-10(2)13-7-4-6-12(13)9-11/h4,6,8-9H,3,5,7H2,1-2H3. The molecule has 13 heavy (non-hydrogen) atoms. The topological polar surface area (TPSA) is 0 Å². The quantitative estimate of drug-likeness (QED) is 0.640. The molecule has 0 spiro atoms. The molecule has 1 aromatic carbocycles. The molecule has 2 rings (SSSR count). The molecule has 0 heteroatoms. The van der Waals surface area contributed by atoms with Crippen LogP contribution in [0.4, 0.5) is 0 Å². The third-order valence-electron chi connectivity index (χ3n) is 2.73. The van der Waals surface area contributed by atoms with Gasteiger partial charge in [0.25, 0.3) is 0 Å². The van der Waals surface area contributed by atoms with E-state index in [2.05, 4.69) is 38.1 Å². The second-order valence-electron chi connectivity index (χ2n) is 3.84. The fourth-order valence-electron chi connectivity index (χ4n) is 2.09. The van der Waals surface area contributed by atoms with Crippen molar-refractivity contribution in [3.63, 3.8) is 0 Å². The maximum absolute atomic E-state index is 2.34. The number of allylic oxidation sites excluding steroid dienone is 1. The molecule has 0 saturated carbocycles. The smallest absolute Gasteiger partial charge is 0.00855 e. The molecule has 0 unspecified atom stereocenters. The van der Waals surface area contributed by atoms with Crippen molar-refractivity contribution in [3.8, 4) is 0 Å². The lowest BCUT2D eigenvalue weighted by Gasteiger charge is -2.07. The van der Waals surface area contributed by atoms with Gasteiger partial charge in [0, 0.05) is 0 Å². The Kier molecular flexibility index (Phi) is 2.22. The van der Waals surface area contributed by atoms with E-state index in [1.165, 1.54) is 35.1 Å². The summed E-state index contributed by atoms with van der Waals surface area (Å²) in [7, 11) is 0. The molecule has 0 aliphatic heterocycles. The van der Waals surface area contributed by atoms with Gasteiger partial charge in [-0.05, 0) is 42.0 Å². The molecule has 0 radical (unpaired) electrons. The Labute approximate surface area is 80.3 Å². The zero-order chi connectivity index (χ0) is 9.26. The first-order valence-electron chi connectivity index (χ1n) is 5.10. The minimum absolute atomic E-state index is 1.13. The highest BCUT2D eigenvalue weighted by molar-refractivity contribution is 5.62. The molecule has 0 fully saturated rings. The van der Waals surface area contributed by atoms with Gasteiger partial charge in [-0.2, -0.15) is 0 Å². The summed E-state index contributed by atoms with van der Waals surface area (Å²) < 4.78 is 0. The Balaban J connectivity index is 2.42. The third-order valence-corrected chi connectivity index (χ3v) is 2.73. The van der Waals surface area contributed by atoms with E-state index in [9.17, 15) is 0 Å². The van der Waals surface area contributed by atoms with Crippen LogP contribution in [0.3, 0.4) is 0 Å². The first kappa shape index (κ1) is 8.55. The van der Waals surface area contributed by atoms with Crippen molar-refractivity contribution >= 4 is 6.08 Å². The van der Waals surface area contributed by atoms with Gasteiger partial charge >= 0.3 is 0 Å². The molecular formula is C13H16. The van der Waals surface area contributed by atoms with Crippen LogP contribution in [0, 0.1) is 6.92 Å². The SMILES string of the molecule is CCCc1cc(C)c2c(c1)C=CC2. The van der Waals surface area contributed by atoms with Crippen molar-refractivity contribution in [1.29, 1.82) is 0 Å². The first-order valence-corrected chi connectivity index (χ1v) is 5.10. The van der Waals surface area contributed by atoms with Crippen LogP contribution in [0.25, 0.3) is 6.08 Å². The zero-order valence-corrected chi connectivity index (χ0v) is 8.43. The van der Waals surface area contributed by atoms with Crippen LogP contribution in [0.15, 0.2) is 18.2 Å². The van der Waals surface area contributed by atoms with E-state index in [0.717, 1.165) is 6.42 Å². The van der Waals surface area contributed by atoms with Gasteiger partial charge in [0.05, 0.1) is 0 Å². The maximum Gasteiger partial charge on any atom is -0.00855 e. The Morgan fingerprint density at radius 1 is 1.31 bits per heavy atom. The lowest BCUT2D eigenvalue weighted by atomic mass is 9.98. The van der Waals surface area contributed by atoms with Crippen molar-refractivity contribution < 1.29 is 0 Å². The van der Waals surface area contributed by atoms with Crippen molar-refractivity contribution in [1.82, 2.24) is 0 Å². The highest BCUT2D eigenvalue weighted by atomic mass is 14.1. The average Bonchev–Trinajstić information content (AvgIpc) is 2.53. The predicted octanol–water partition coefficient (Wildman–Crippen LogP) is 3.52. The number of aryl methyl sites for hydroxylation is 2. The summed E-state index contributed by atoms with van der Waals surface area (Å²) in [4.78, 5) is 0. The average molecular weight is 172 g/mol. The highest BCUT2D eigenvalue weighted by Gasteiger charge is 2.08. The van der Waals surface area contributed by atoms with E-state index in [1.807, 2.05) is 0 Å². The largest absolute Gasteiger partial charge is 0.0795 e. The van der Waals surface area contributed by atoms with Gasteiger partial charge in [0.1, 0.15) is 0 Å². The summed E-state index contributed by atoms with van der Waals surface area (Å²) in [5.41, 5.74) is 5.93. The van der Waals surface area contributed by atoms with E-state index in [4.69, 9.17) is 0 Å². The van der Waals surface area contributed by atoms with Gasteiger partial charge in [-0.25, -0.2) is 0 Å². The minimum Gasteiger partial charge on any atom is -0.0795 e. The molecule has 68 valence electrons. The fraction of sp³-hybridized carbons (Fsp3) is 0.385. The van der Waals surface area contributed by atoms with Gasteiger partial charge in [-0.1, -0.05) is 37.6 Å². The van der Waals surface area contributed by atoms with E-state index < -0.39 is 0 Å². The van der Waals surface area contributed by atoms with E-state index >= 15 is 0 Å². The van der Waals surface area contributed by atoms with Crippen LogP contribution in [0.1, 0.15) is 35.6 Å². The van der Waals surface area contributed by atoms with Crippen molar-refractivity contribution in [2.45, 2.75) is 33.1 Å². The molecule has 0 N–H and O–H groups in total. The predicted molar refractivity (Wildman–Crippen MR) is 57.9 cm³/mol. The highest BCUT2D eigenvalue weighted by Crippen LogP contribution is 2.25. The van der Waals surface area contributed by atoms with Gasteiger partial charge in [0.2, 0.25) is 0 Å². The molecule has 0 saturated heterocycles. The molecule has 1 aliphatic carbocycles.